The number of anilines is 2. The number of ether oxygens (including phenoxy) is 2. The van der Waals surface area contributed by atoms with Crippen LogP contribution in [0.2, 0.25) is 0 Å². The van der Waals surface area contributed by atoms with Crippen LogP contribution in [0.1, 0.15) is 38.7 Å². The Morgan fingerprint density at radius 3 is 2.47 bits per heavy atom. The molecule has 3 rings (SSSR count). The Balaban J connectivity index is 1.61. The first-order chi connectivity index (χ1) is 14.6. The van der Waals surface area contributed by atoms with E-state index in [1.165, 1.54) is 6.08 Å². The zero-order valence-electron chi connectivity index (χ0n) is 17.4. The lowest BCUT2D eigenvalue weighted by atomic mass is 10.2. The highest BCUT2D eigenvalue weighted by Gasteiger charge is 2.29. The molecular weight excluding hydrogens is 380 g/mol. The molecule has 2 N–H and O–H groups in total. The van der Waals surface area contributed by atoms with Crippen molar-refractivity contribution >= 4 is 29.3 Å². The summed E-state index contributed by atoms with van der Waals surface area (Å²) in [7, 11) is 0. The molecule has 30 heavy (non-hydrogen) atoms. The molecule has 0 aromatic heterocycles. The van der Waals surface area contributed by atoms with Crippen LogP contribution in [-0.4, -0.2) is 25.0 Å². The standard InChI is InChI=1S/C24H28N2O4/c1-3-14-30-21-12-8-17(15-22(21)29-4-2)9-13-23(27)25-19-6-5-7-20(16-19)26-24(28)18-10-11-18/h5-9,12-13,15-16,18H,3-4,10-11,14H2,1-2H3,(H,25,27)(H,26,28)/b13-9+. The highest BCUT2D eigenvalue weighted by molar-refractivity contribution is 6.02. The summed E-state index contributed by atoms with van der Waals surface area (Å²) < 4.78 is 11.3. The Kier molecular flexibility index (Phi) is 7.49. The van der Waals surface area contributed by atoms with Crippen LogP contribution < -0.4 is 20.1 Å². The zero-order valence-corrected chi connectivity index (χ0v) is 17.4. The second-order valence-electron chi connectivity index (χ2n) is 7.15. The van der Waals surface area contributed by atoms with Gasteiger partial charge >= 0.3 is 0 Å². The van der Waals surface area contributed by atoms with Crippen molar-refractivity contribution in [2.75, 3.05) is 23.8 Å². The molecule has 6 nitrogen and oxygen atoms in total. The third-order valence-electron chi connectivity index (χ3n) is 4.50. The van der Waals surface area contributed by atoms with Crippen LogP contribution in [0.15, 0.2) is 48.5 Å². The summed E-state index contributed by atoms with van der Waals surface area (Å²) in [5, 5.41) is 5.70. The second kappa shape index (κ2) is 10.5. The van der Waals surface area contributed by atoms with E-state index in [4.69, 9.17) is 9.47 Å². The maximum absolute atomic E-state index is 12.3. The Morgan fingerprint density at radius 1 is 1.00 bits per heavy atom. The molecule has 2 aromatic carbocycles. The van der Waals surface area contributed by atoms with Crippen molar-refractivity contribution in [1.82, 2.24) is 0 Å². The van der Waals surface area contributed by atoms with Crippen LogP contribution in [0.4, 0.5) is 11.4 Å². The number of carbonyl (C=O) groups excluding carboxylic acids is 2. The first-order valence-electron chi connectivity index (χ1n) is 10.4. The Morgan fingerprint density at radius 2 is 1.77 bits per heavy atom. The molecule has 0 aliphatic heterocycles. The largest absolute Gasteiger partial charge is 0.490 e. The van der Waals surface area contributed by atoms with E-state index in [2.05, 4.69) is 10.6 Å². The molecule has 1 fully saturated rings. The molecule has 6 heteroatoms. The first kappa shape index (κ1) is 21.4. The van der Waals surface area contributed by atoms with Gasteiger partial charge in [-0.15, -0.1) is 0 Å². The summed E-state index contributed by atoms with van der Waals surface area (Å²) in [6.45, 7) is 5.12. The van der Waals surface area contributed by atoms with E-state index in [1.807, 2.05) is 38.1 Å². The van der Waals surface area contributed by atoms with Gasteiger partial charge in [-0.05, 0) is 68.2 Å². The van der Waals surface area contributed by atoms with Crippen molar-refractivity contribution in [2.45, 2.75) is 33.1 Å². The van der Waals surface area contributed by atoms with Crippen LogP contribution in [0.5, 0.6) is 11.5 Å². The van der Waals surface area contributed by atoms with Gasteiger partial charge in [-0.2, -0.15) is 0 Å². The Labute approximate surface area is 177 Å². The van der Waals surface area contributed by atoms with Crippen molar-refractivity contribution in [3.05, 3.63) is 54.1 Å². The monoisotopic (exact) mass is 408 g/mol. The minimum atomic E-state index is -0.259. The van der Waals surface area contributed by atoms with Gasteiger partial charge in [0, 0.05) is 23.4 Å². The molecule has 1 aliphatic rings. The van der Waals surface area contributed by atoms with E-state index in [-0.39, 0.29) is 17.7 Å². The lowest BCUT2D eigenvalue weighted by Gasteiger charge is -2.12. The van der Waals surface area contributed by atoms with E-state index in [0.717, 1.165) is 24.8 Å². The summed E-state index contributed by atoms with van der Waals surface area (Å²) in [5.41, 5.74) is 2.14. The second-order valence-corrected chi connectivity index (χ2v) is 7.15. The van der Waals surface area contributed by atoms with Crippen molar-refractivity contribution in [3.8, 4) is 11.5 Å². The number of carbonyl (C=O) groups is 2. The molecule has 0 spiro atoms. The summed E-state index contributed by atoms with van der Waals surface area (Å²) in [6.07, 6.45) is 6.00. The van der Waals surface area contributed by atoms with Gasteiger partial charge in [0.2, 0.25) is 11.8 Å². The lowest BCUT2D eigenvalue weighted by Crippen LogP contribution is -2.14. The minimum Gasteiger partial charge on any atom is -0.490 e. The fraction of sp³-hybridized carbons (Fsp3) is 0.333. The van der Waals surface area contributed by atoms with Crippen molar-refractivity contribution in [1.29, 1.82) is 0 Å². The van der Waals surface area contributed by atoms with E-state index >= 15 is 0 Å². The fourth-order valence-electron chi connectivity index (χ4n) is 2.85. The molecule has 0 bridgehead atoms. The molecule has 1 aliphatic carbocycles. The molecule has 0 atom stereocenters. The maximum atomic E-state index is 12.3. The molecule has 0 heterocycles. The summed E-state index contributed by atoms with van der Waals surface area (Å²) in [5.74, 6) is 1.27. The van der Waals surface area contributed by atoms with Gasteiger partial charge in [-0.3, -0.25) is 9.59 Å². The van der Waals surface area contributed by atoms with E-state index in [1.54, 1.807) is 24.3 Å². The third kappa shape index (κ3) is 6.37. The first-order valence-corrected chi connectivity index (χ1v) is 10.4. The van der Waals surface area contributed by atoms with Gasteiger partial charge in [-0.25, -0.2) is 0 Å². The molecule has 158 valence electrons. The third-order valence-corrected chi connectivity index (χ3v) is 4.50. The van der Waals surface area contributed by atoms with E-state index < -0.39 is 0 Å². The quantitative estimate of drug-likeness (QED) is 0.550. The maximum Gasteiger partial charge on any atom is 0.248 e. The van der Waals surface area contributed by atoms with Crippen LogP contribution in [-0.2, 0) is 9.59 Å². The van der Waals surface area contributed by atoms with Crippen molar-refractivity contribution < 1.29 is 19.1 Å². The molecule has 1 saturated carbocycles. The molecule has 0 unspecified atom stereocenters. The van der Waals surface area contributed by atoms with Crippen molar-refractivity contribution in [2.24, 2.45) is 5.92 Å². The number of benzene rings is 2. The SMILES string of the molecule is CCCOc1ccc(/C=C/C(=O)Nc2cccc(NC(=O)C3CC3)c2)cc1OCC. The number of rotatable bonds is 10. The zero-order chi connectivity index (χ0) is 21.3. The van der Waals surface area contributed by atoms with Gasteiger partial charge in [0.05, 0.1) is 13.2 Å². The van der Waals surface area contributed by atoms with Gasteiger partial charge in [0.1, 0.15) is 0 Å². The van der Waals surface area contributed by atoms with Gasteiger partial charge in [-0.1, -0.05) is 19.1 Å². The number of amides is 2. The summed E-state index contributed by atoms with van der Waals surface area (Å²) in [4.78, 5) is 24.2. The summed E-state index contributed by atoms with van der Waals surface area (Å²) in [6, 6.07) is 12.7. The number of hydrogen-bond acceptors (Lipinski definition) is 4. The normalized spacial score (nSPS) is 13.1. The van der Waals surface area contributed by atoms with Gasteiger partial charge in [0.15, 0.2) is 11.5 Å². The average molecular weight is 408 g/mol. The molecule has 2 amide bonds. The van der Waals surface area contributed by atoms with E-state index in [0.29, 0.717) is 36.1 Å². The van der Waals surface area contributed by atoms with Crippen LogP contribution in [0.25, 0.3) is 6.08 Å². The lowest BCUT2D eigenvalue weighted by molar-refractivity contribution is -0.117. The minimum absolute atomic E-state index is 0.0369. The smallest absolute Gasteiger partial charge is 0.248 e. The Hall–Kier alpha value is -3.28. The summed E-state index contributed by atoms with van der Waals surface area (Å²) >= 11 is 0. The van der Waals surface area contributed by atoms with Crippen LogP contribution in [0, 0.1) is 5.92 Å². The van der Waals surface area contributed by atoms with Crippen molar-refractivity contribution in [3.63, 3.8) is 0 Å². The highest BCUT2D eigenvalue weighted by atomic mass is 16.5. The number of hydrogen-bond donors (Lipinski definition) is 2. The highest BCUT2D eigenvalue weighted by Crippen LogP contribution is 2.31. The molecule has 2 aromatic rings. The fourth-order valence-corrected chi connectivity index (χ4v) is 2.85. The molecular formula is C24H28N2O4. The van der Waals surface area contributed by atoms with Crippen LogP contribution in [0.3, 0.4) is 0 Å². The van der Waals surface area contributed by atoms with Crippen LogP contribution >= 0.6 is 0 Å². The molecule has 0 radical (unpaired) electrons. The predicted octanol–water partition coefficient (Wildman–Crippen LogP) is 4.87. The number of nitrogens with one attached hydrogen (secondary N) is 2. The van der Waals surface area contributed by atoms with Gasteiger partial charge in [0.25, 0.3) is 0 Å². The topological polar surface area (TPSA) is 76.7 Å². The molecule has 0 saturated heterocycles. The predicted molar refractivity (Wildman–Crippen MR) is 119 cm³/mol. The Bertz CT molecular complexity index is 919. The average Bonchev–Trinajstić information content (AvgIpc) is 3.57. The van der Waals surface area contributed by atoms with Gasteiger partial charge < -0.3 is 20.1 Å². The van der Waals surface area contributed by atoms with E-state index in [9.17, 15) is 9.59 Å².